The van der Waals surface area contributed by atoms with Gasteiger partial charge in [-0.25, -0.2) is 9.97 Å². The molecule has 1 fully saturated rings. The topological polar surface area (TPSA) is 70.8 Å². The van der Waals surface area contributed by atoms with Crippen molar-refractivity contribution in [2.75, 3.05) is 13.1 Å². The summed E-state index contributed by atoms with van der Waals surface area (Å²) < 4.78 is 5.57. The second kappa shape index (κ2) is 6.57. The van der Waals surface area contributed by atoms with Crippen molar-refractivity contribution in [1.82, 2.24) is 25.1 Å². The van der Waals surface area contributed by atoms with E-state index >= 15 is 0 Å². The number of aromatic nitrogens is 4. The van der Waals surface area contributed by atoms with Gasteiger partial charge in [-0.3, -0.25) is 10.00 Å². The van der Waals surface area contributed by atoms with Gasteiger partial charge in [0.25, 0.3) is 0 Å². The number of aromatic amines is 1. The minimum Gasteiger partial charge on any atom is -0.445 e. The number of oxazole rings is 1. The number of piperidine rings is 1. The van der Waals surface area contributed by atoms with E-state index in [0.717, 1.165) is 61.3 Å². The fourth-order valence-electron chi connectivity index (χ4n) is 3.20. The fraction of sp³-hybridized carbons (Fsp3) is 0.389. The largest absolute Gasteiger partial charge is 0.445 e. The predicted molar refractivity (Wildman–Crippen MR) is 90.3 cm³/mol. The lowest BCUT2D eigenvalue weighted by Crippen LogP contribution is -2.32. The predicted octanol–water partition coefficient (Wildman–Crippen LogP) is 3.15. The van der Waals surface area contributed by atoms with E-state index in [4.69, 9.17) is 9.40 Å². The maximum Gasteiger partial charge on any atom is 0.208 e. The minimum atomic E-state index is 0.442. The zero-order valence-electron chi connectivity index (χ0n) is 13.8. The van der Waals surface area contributed by atoms with Crippen molar-refractivity contribution in [2.45, 2.75) is 32.2 Å². The molecular formula is C18H21N5O. The highest BCUT2D eigenvalue weighted by atomic mass is 16.4. The van der Waals surface area contributed by atoms with Gasteiger partial charge in [0.1, 0.15) is 11.6 Å². The van der Waals surface area contributed by atoms with E-state index in [1.54, 1.807) is 6.20 Å². The van der Waals surface area contributed by atoms with Gasteiger partial charge in [-0.05, 0) is 32.9 Å². The van der Waals surface area contributed by atoms with Gasteiger partial charge >= 0.3 is 0 Å². The Bertz CT molecular complexity index is 787. The van der Waals surface area contributed by atoms with Crippen LogP contribution in [0.2, 0.25) is 0 Å². The normalized spacial score (nSPS) is 16.5. The SMILES string of the molecule is Cc1cnc(CN2CCC(c3nc(-c4ccccc4)n[nH]3)CC2)o1. The summed E-state index contributed by atoms with van der Waals surface area (Å²) in [6.07, 6.45) is 3.92. The monoisotopic (exact) mass is 323 g/mol. The molecule has 0 spiro atoms. The second-order valence-electron chi connectivity index (χ2n) is 6.33. The lowest BCUT2D eigenvalue weighted by Gasteiger charge is -2.29. The quantitative estimate of drug-likeness (QED) is 0.798. The number of likely N-dealkylation sites (tertiary alicyclic amines) is 1. The zero-order valence-corrected chi connectivity index (χ0v) is 13.8. The van der Waals surface area contributed by atoms with Crippen LogP contribution in [-0.4, -0.2) is 38.2 Å². The summed E-state index contributed by atoms with van der Waals surface area (Å²) in [4.78, 5) is 11.4. The molecule has 6 heteroatoms. The third-order valence-corrected chi connectivity index (χ3v) is 4.54. The third kappa shape index (κ3) is 3.23. The Labute approximate surface area is 140 Å². The molecule has 1 N–H and O–H groups in total. The van der Waals surface area contributed by atoms with Crippen molar-refractivity contribution in [3.05, 3.63) is 54.0 Å². The van der Waals surface area contributed by atoms with Gasteiger partial charge in [0.2, 0.25) is 5.89 Å². The van der Waals surface area contributed by atoms with Crippen LogP contribution in [0, 0.1) is 6.92 Å². The van der Waals surface area contributed by atoms with E-state index in [-0.39, 0.29) is 0 Å². The minimum absolute atomic E-state index is 0.442. The molecule has 4 rings (SSSR count). The Hall–Kier alpha value is -2.47. The van der Waals surface area contributed by atoms with Crippen LogP contribution in [0.1, 0.15) is 36.2 Å². The van der Waals surface area contributed by atoms with Crippen LogP contribution in [0.15, 0.2) is 40.9 Å². The molecule has 1 aromatic carbocycles. The molecule has 0 aliphatic carbocycles. The molecule has 3 heterocycles. The molecule has 0 bridgehead atoms. The number of hydrogen-bond donors (Lipinski definition) is 1. The molecule has 0 saturated carbocycles. The number of rotatable bonds is 4. The lowest BCUT2D eigenvalue weighted by molar-refractivity contribution is 0.184. The van der Waals surface area contributed by atoms with E-state index in [2.05, 4.69) is 20.1 Å². The van der Waals surface area contributed by atoms with Crippen LogP contribution in [0.4, 0.5) is 0 Å². The van der Waals surface area contributed by atoms with Crippen molar-refractivity contribution >= 4 is 0 Å². The molecule has 0 radical (unpaired) electrons. The first-order chi connectivity index (χ1) is 11.8. The molecular weight excluding hydrogens is 302 g/mol. The van der Waals surface area contributed by atoms with Crippen LogP contribution < -0.4 is 0 Å². The van der Waals surface area contributed by atoms with Crippen LogP contribution in [0.5, 0.6) is 0 Å². The molecule has 2 aromatic heterocycles. The highest BCUT2D eigenvalue weighted by molar-refractivity contribution is 5.53. The highest BCUT2D eigenvalue weighted by Crippen LogP contribution is 2.27. The summed E-state index contributed by atoms with van der Waals surface area (Å²) in [6, 6.07) is 10.1. The number of nitrogens with one attached hydrogen (secondary N) is 1. The van der Waals surface area contributed by atoms with Gasteiger partial charge in [-0.2, -0.15) is 5.10 Å². The number of aryl methyl sites for hydroxylation is 1. The summed E-state index contributed by atoms with van der Waals surface area (Å²) in [5.74, 6) is 3.90. The van der Waals surface area contributed by atoms with Crippen molar-refractivity contribution < 1.29 is 4.42 Å². The Morgan fingerprint density at radius 1 is 1.21 bits per heavy atom. The maximum absolute atomic E-state index is 5.57. The average molecular weight is 323 g/mol. The van der Waals surface area contributed by atoms with Gasteiger partial charge < -0.3 is 4.42 Å². The van der Waals surface area contributed by atoms with Crippen molar-refractivity contribution in [2.24, 2.45) is 0 Å². The first-order valence-electron chi connectivity index (χ1n) is 8.39. The standard InChI is InChI=1S/C18H21N5O/c1-13-11-19-16(24-13)12-23-9-7-15(8-10-23)18-20-17(21-22-18)14-5-3-2-4-6-14/h2-6,11,15H,7-10,12H2,1H3,(H,20,21,22). The lowest BCUT2D eigenvalue weighted by atomic mass is 9.96. The molecule has 0 unspecified atom stereocenters. The summed E-state index contributed by atoms with van der Waals surface area (Å²) in [5, 5.41) is 7.51. The maximum atomic E-state index is 5.57. The van der Waals surface area contributed by atoms with Crippen LogP contribution in [-0.2, 0) is 6.54 Å². The summed E-state index contributed by atoms with van der Waals surface area (Å²) in [6.45, 7) is 4.75. The Morgan fingerprint density at radius 2 is 2.00 bits per heavy atom. The van der Waals surface area contributed by atoms with Crippen LogP contribution in [0.25, 0.3) is 11.4 Å². The zero-order chi connectivity index (χ0) is 16.4. The van der Waals surface area contributed by atoms with Crippen molar-refractivity contribution in [3.63, 3.8) is 0 Å². The average Bonchev–Trinajstić information content (AvgIpc) is 3.26. The number of benzene rings is 1. The number of nitrogens with zero attached hydrogens (tertiary/aromatic N) is 4. The van der Waals surface area contributed by atoms with Gasteiger partial charge in [0.15, 0.2) is 5.82 Å². The van der Waals surface area contributed by atoms with Crippen molar-refractivity contribution in [3.8, 4) is 11.4 Å². The summed E-state index contributed by atoms with van der Waals surface area (Å²) >= 11 is 0. The molecule has 124 valence electrons. The Morgan fingerprint density at radius 3 is 2.71 bits per heavy atom. The summed E-state index contributed by atoms with van der Waals surface area (Å²) in [7, 11) is 0. The van der Waals surface area contributed by atoms with E-state index < -0.39 is 0 Å². The first kappa shape index (κ1) is 15.1. The molecule has 6 nitrogen and oxygen atoms in total. The summed E-state index contributed by atoms with van der Waals surface area (Å²) in [5.41, 5.74) is 1.05. The molecule has 1 saturated heterocycles. The van der Waals surface area contributed by atoms with Gasteiger partial charge in [0, 0.05) is 11.5 Å². The molecule has 1 aliphatic rings. The van der Waals surface area contributed by atoms with Crippen LogP contribution >= 0.6 is 0 Å². The van der Waals surface area contributed by atoms with E-state index in [9.17, 15) is 0 Å². The van der Waals surface area contributed by atoms with E-state index in [1.165, 1.54) is 0 Å². The van der Waals surface area contributed by atoms with Gasteiger partial charge in [-0.15, -0.1) is 0 Å². The molecule has 24 heavy (non-hydrogen) atoms. The third-order valence-electron chi connectivity index (χ3n) is 4.54. The molecule has 1 aliphatic heterocycles. The molecule has 3 aromatic rings. The Balaban J connectivity index is 1.37. The molecule has 0 amide bonds. The highest BCUT2D eigenvalue weighted by Gasteiger charge is 2.24. The number of H-pyrrole nitrogens is 1. The molecule has 0 atom stereocenters. The fourth-order valence-corrected chi connectivity index (χ4v) is 3.20. The number of hydrogen-bond acceptors (Lipinski definition) is 5. The van der Waals surface area contributed by atoms with Crippen molar-refractivity contribution in [1.29, 1.82) is 0 Å². The van der Waals surface area contributed by atoms with E-state index in [1.807, 2.05) is 37.3 Å². The Kier molecular flexibility index (Phi) is 4.13. The van der Waals surface area contributed by atoms with Gasteiger partial charge in [-0.1, -0.05) is 30.3 Å². The second-order valence-corrected chi connectivity index (χ2v) is 6.33. The van der Waals surface area contributed by atoms with Gasteiger partial charge in [0.05, 0.1) is 12.7 Å². The van der Waals surface area contributed by atoms with E-state index in [0.29, 0.717) is 5.92 Å². The smallest absolute Gasteiger partial charge is 0.208 e. The first-order valence-corrected chi connectivity index (χ1v) is 8.39. The van der Waals surface area contributed by atoms with Crippen LogP contribution in [0.3, 0.4) is 0 Å².